The summed E-state index contributed by atoms with van der Waals surface area (Å²) >= 11 is 6.74. The molecule has 0 unspecified atom stereocenters. The highest BCUT2D eigenvalue weighted by Crippen LogP contribution is 2.34. The van der Waals surface area contributed by atoms with Crippen molar-refractivity contribution in [2.75, 3.05) is 11.9 Å². The summed E-state index contributed by atoms with van der Waals surface area (Å²) in [5.74, 6) is -1.15. The molecule has 2 aromatic carbocycles. The van der Waals surface area contributed by atoms with Crippen LogP contribution in [0.15, 0.2) is 63.9 Å². The van der Waals surface area contributed by atoms with E-state index in [4.69, 9.17) is 21.1 Å². The summed E-state index contributed by atoms with van der Waals surface area (Å²) in [5, 5.41) is 11.3. The zero-order valence-electron chi connectivity index (χ0n) is 19.3. The van der Waals surface area contributed by atoms with Gasteiger partial charge >= 0.3 is 5.97 Å². The highest BCUT2D eigenvalue weighted by Gasteiger charge is 2.36. The van der Waals surface area contributed by atoms with E-state index in [0.717, 1.165) is 10.5 Å². The van der Waals surface area contributed by atoms with Gasteiger partial charge in [-0.3, -0.25) is 19.3 Å². The molecule has 1 fully saturated rings. The minimum atomic E-state index is -1.14. The van der Waals surface area contributed by atoms with Crippen LogP contribution < -0.4 is 5.32 Å². The molecule has 0 aliphatic carbocycles. The number of nitrogens with zero attached hydrogens (tertiary/aromatic N) is 1. The summed E-state index contributed by atoms with van der Waals surface area (Å²) in [7, 11) is 0. The standard InChI is InChI=1S/C26H21ClN2O6S/c1-14(2)15-3-6-17(7-4-15)28-23(30)13-29-24(31)22(36-26(29)34)12-18-8-10-21(35-18)16-5-9-19(25(32)33)20(27)11-16/h3-12,14H,13H2,1-2H3,(H,28,30)(H,32,33)/b22-12-. The summed E-state index contributed by atoms with van der Waals surface area (Å²) < 4.78 is 5.74. The summed E-state index contributed by atoms with van der Waals surface area (Å²) in [5.41, 5.74) is 2.23. The topological polar surface area (TPSA) is 117 Å². The van der Waals surface area contributed by atoms with Gasteiger partial charge in [-0.1, -0.05) is 43.6 Å². The van der Waals surface area contributed by atoms with E-state index in [1.807, 2.05) is 12.1 Å². The summed E-state index contributed by atoms with van der Waals surface area (Å²) in [4.78, 5) is 49.7. The van der Waals surface area contributed by atoms with E-state index in [1.165, 1.54) is 18.2 Å². The minimum Gasteiger partial charge on any atom is -0.478 e. The Bertz CT molecular complexity index is 1390. The summed E-state index contributed by atoms with van der Waals surface area (Å²) in [6.45, 7) is 3.73. The van der Waals surface area contributed by atoms with Crippen molar-refractivity contribution in [1.29, 1.82) is 0 Å². The minimum absolute atomic E-state index is 0.0301. The van der Waals surface area contributed by atoms with E-state index in [2.05, 4.69) is 19.2 Å². The van der Waals surface area contributed by atoms with Gasteiger partial charge in [0.1, 0.15) is 18.1 Å². The second-order valence-electron chi connectivity index (χ2n) is 8.29. The number of hydrogen-bond donors (Lipinski definition) is 2. The first-order chi connectivity index (χ1) is 17.1. The lowest BCUT2D eigenvalue weighted by molar-refractivity contribution is -0.127. The van der Waals surface area contributed by atoms with Crippen molar-refractivity contribution in [3.63, 3.8) is 0 Å². The summed E-state index contributed by atoms with van der Waals surface area (Å²) in [6.07, 6.45) is 1.42. The van der Waals surface area contributed by atoms with Crippen LogP contribution in [0.1, 0.15) is 41.4 Å². The Hall–Kier alpha value is -3.82. The van der Waals surface area contributed by atoms with E-state index in [9.17, 15) is 19.2 Å². The molecule has 3 aromatic rings. The fourth-order valence-electron chi connectivity index (χ4n) is 3.49. The second kappa shape index (κ2) is 10.4. The van der Waals surface area contributed by atoms with Crippen LogP contribution in [0, 0.1) is 0 Å². The monoisotopic (exact) mass is 524 g/mol. The molecule has 1 aromatic heterocycles. The highest BCUT2D eigenvalue weighted by molar-refractivity contribution is 8.18. The Labute approximate surface area is 215 Å². The van der Waals surface area contributed by atoms with Crippen molar-refractivity contribution in [2.24, 2.45) is 0 Å². The first kappa shape index (κ1) is 25.3. The van der Waals surface area contributed by atoms with Crippen molar-refractivity contribution in [2.45, 2.75) is 19.8 Å². The number of carboxylic acid groups (broad SMARTS) is 1. The molecular weight excluding hydrogens is 504 g/mol. The maximum Gasteiger partial charge on any atom is 0.337 e. The zero-order chi connectivity index (χ0) is 26.0. The smallest absolute Gasteiger partial charge is 0.337 e. The number of carboxylic acids is 1. The lowest BCUT2D eigenvalue weighted by Gasteiger charge is -2.13. The van der Waals surface area contributed by atoms with Crippen molar-refractivity contribution < 1.29 is 28.7 Å². The molecule has 8 nitrogen and oxygen atoms in total. The van der Waals surface area contributed by atoms with E-state index in [1.54, 1.807) is 30.3 Å². The fourth-order valence-corrected chi connectivity index (χ4v) is 4.57. The molecule has 4 rings (SSSR count). The SMILES string of the molecule is CC(C)c1ccc(NC(=O)CN2C(=O)S/C(=C\c3ccc(-c4ccc(C(=O)O)c(Cl)c4)o3)C2=O)cc1. The van der Waals surface area contributed by atoms with Gasteiger partial charge < -0.3 is 14.8 Å². The van der Waals surface area contributed by atoms with E-state index >= 15 is 0 Å². The third kappa shape index (κ3) is 5.53. The quantitative estimate of drug-likeness (QED) is 0.359. The second-order valence-corrected chi connectivity index (χ2v) is 9.69. The van der Waals surface area contributed by atoms with Gasteiger partial charge in [-0.15, -0.1) is 0 Å². The lowest BCUT2D eigenvalue weighted by atomic mass is 10.0. The molecule has 2 heterocycles. The number of carbonyl (C=O) groups is 4. The Kier molecular flexibility index (Phi) is 7.32. The van der Waals surface area contributed by atoms with Crippen molar-refractivity contribution in [1.82, 2.24) is 4.90 Å². The largest absolute Gasteiger partial charge is 0.478 e. The number of furan rings is 1. The van der Waals surface area contributed by atoms with Gasteiger partial charge in [0.25, 0.3) is 11.1 Å². The van der Waals surface area contributed by atoms with Crippen molar-refractivity contribution >= 4 is 58.1 Å². The van der Waals surface area contributed by atoms with Gasteiger partial charge in [-0.05, 0) is 59.6 Å². The molecule has 0 saturated carbocycles. The molecule has 184 valence electrons. The predicted octanol–water partition coefficient (Wildman–Crippen LogP) is 6.10. The Morgan fingerprint density at radius 1 is 1.11 bits per heavy atom. The first-order valence-corrected chi connectivity index (χ1v) is 12.1. The molecule has 3 amide bonds. The molecule has 0 radical (unpaired) electrons. The maximum absolute atomic E-state index is 12.8. The number of nitrogens with one attached hydrogen (secondary N) is 1. The number of benzene rings is 2. The third-order valence-electron chi connectivity index (χ3n) is 5.42. The number of halogens is 1. The molecule has 10 heteroatoms. The van der Waals surface area contributed by atoms with Crippen molar-refractivity contribution in [3.05, 3.63) is 81.4 Å². The molecular formula is C26H21ClN2O6S. The number of thioether (sulfide) groups is 1. The molecule has 0 bridgehead atoms. The van der Waals surface area contributed by atoms with Crippen LogP contribution in [0.2, 0.25) is 5.02 Å². The third-order valence-corrected chi connectivity index (χ3v) is 6.64. The Balaban J connectivity index is 1.43. The Morgan fingerprint density at radius 2 is 1.83 bits per heavy atom. The number of imide groups is 1. The first-order valence-electron chi connectivity index (χ1n) is 10.9. The molecule has 36 heavy (non-hydrogen) atoms. The van der Waals surface area contributed by atoms with E-state index < -0.39 is 29.6 Å². The maximum atomic E-state index is 12.8. The lowest BCUT2D eigenvalue weighted by Crippen LogP contribution is -2.36. The van der Waals surface area contributed by atoms with Crippen LogP contribution >= 0.6 is 23.4 Å². The number of carbonyl (C=O) groups excluding carboxylic acids is 3. The average Bonchev–Trinajstić information content (AvgIpc) is 3.39. The predicted molar refractivity (Wildman–Crippen MR) is 138 cm³/mol. The van der Waals surface area contributed by atoms with E-state index in [0.29, 0.717) is 40.5 Å². The highest BCUT2D eigenvalue weighted by atomic mass is 35.5. The number of hydrogen-bond acceptors (Lipinski definition) is 6. The number of rotatable bonds is 7. The molecule has 1 aliphatic heterocycles. The van der Waals surface area contributed by atoms with E-state index in [-0.39, 0.29) is 15.5 Å². The number of aromatic carboxylic acids is 1. The normalized spacial score (nSPS) is 14.7. The number of amides is 3. The average molecular weight is 525 g/mol. The zero-order valence-corrected chi connectivity index (χ0v) is 20.9. The van der Waals surface area contributed by atoms with Gasteiger partial charge in [0.05, 0.1) is 15.5 Å². The van der Waals surface area contributed by atoms with Gasteiger partial charge in [0.15, 0.2) is 0 Å². The molecule has 0 spiro atoms. The number of anilines is 1. The fraction of sp³-hybridized carbons (Fsp3) is 0.154. The molecule has 0 atom stereocenters. The van der Waals surface area contributed by atoms with Gasteiger partial charge in [0.2, 0.25) is 5.91 Å². The van der Waals surface area contributed by atoms with Crippen LogP contribution in [0.3, 0.4) is 0 Å². The van der Waals surface area contributed by atoms with Crippen molar-refractivity contribution in [3.8, 4) is 11.3 Å². The van der Waals surface area contributed by atoms with Crippen LogP contribution in [0.4, 0.5) is 10.5 Å². The summed E-state index contributed by atoms with van der Waals surface area (Å²) in [6, 6.07) is 15.0. The molecule has 1 saturated heterocycles. The van der Waals surface area contributed by atoms with Crippen LogP contribution in [-0.4, -0.2) is 39.6 Å². The molecule has 1 aliphatic rings. The van der Waals surface area contributed by atoms with Crippen LogP contribution in [0.5, 0.6) is 0 Å². The molecule has 2 N–H and O–H groups in total. The van der Waals surface area contributed by atoms with Crippen LogP contribution in [0.25, 0.3) is 17.4 Å². The van der Waals surface area contributed by atoms with Gasteiger partial charge in [-0.25, -0.2) is 4.79 Å². The Morgan fingerprint density at radius 3 is 2.47 bits per heavy atom. The van der Waals surface area contributed by atoms with Gasteiger partial charge in [0, 0.05) is 17.3 Å². The van der Waals surface area contributed by atoms with Crippen LogP contribution in [-0.2, 0) is 9.59 Å². The van der Waals surface area contributed by atoms with Gasteiger partial charge in [-0.2, -0.15) is 0 Å².